The Bertz CT molecular complexity index is 653. The number of halogens is 1. The summed E-state index contributed by atoms with van der Waals surface area (Å²) in [6.45, 7) is 5.43. The van der Waals surface area contributed by atoms with Crippen molar-refractivity contribution in [1.82, 2.24) is 4.98 Å². The van der Waals surface area contributed by atoms with Gasteiger partial charge in [0, 0.05) is 0 Å². The molecule has 22 heavy (non-hydrogen) atoms. The van der Waals surface area contributed by atoms with E-state index in [0.29, 0.717) is 22.2 Å². The van der Waals surface area contributed by atoms with Crippen LogP contribution in [0, 0.1) is 0 Å². The predicted octanol–water partition coefficient (Wildman–Crippen LogP) is 3.63. The molecule has 1 unspecified atom stereocenters. The smallest absolute Gasteiger partial charge is 0.335 e. The molecule has 0 aliphatic carbocycles. The van der Waals surface area contributed by atoms with E-state index in [4.69, 9.17) is 25.5 Å². The van der Waals surface area contributed by atoms with Crippen molar-refractivity contribution in [3.8, 4) is 11.5 Å². The summed E-state index contributed by atoms with van der Waals surface area (Å²) in [5.41, 5.74) is 1.18. The second-order valence-electron chi connectivity index (χ2n) is 4.50. The molecule has 0 bridgehead atoms. The zero-order valence-electron chi connectivity index (χ0n) is 12.1. The Hall–Kier alpha value is -2.11. The molecule has 116 valence electrons. The summed E-state index contributed by atoms with van der Waals surface area (Å²) in [4.78, 5) is 15.9. The molecule has 0 spiro atoms. The standard InChI is InChI=1S/C16H16ClNO4/c1-3-8-20-11(2)16(19)22-10-12-9-21-15(18-12)13-6-4-5-7-14(13)17/h3-7,9,11H,1,8,10H2,2H3. The van der Waals surface area contributed by atoms with Gasteiger partial charge < -0.3 is 13.9 Å². The molecule has 1 atom stereocenters. The number of esters is 1. The van der Waals surface area contributed by atoms with Gasteiger partial charge in [0.2, 0.25) is 5.89 Å². The van der Waals surface area contributed by atoms with Gasteiger partial charge in [0.1, 0.15) is 18.6 Å². The van der Waals surface area contributed by atoms with E-state index < -0.39 is 12.1 Å². The Balaban J connectivity index is 1.94. The third-order valence-electron chi connectivity index (χ3n) is 2.81. The van der Waals surface area contributed by atoms with Crippen LogP contribution in [-0.4, -0.2) is 23.7 Å². The van der Waals surface area contributed by atoms with Crippen molar-refractivity contribution in [2.45, 2.75) is 19.6 Å². The maximum Gasteiger partial charge on any atom is 0.335 e. The molecule has 0 radical (unpaired) electrons. The number of ether oxygens (including phenoxy) is 2. The highest BCUT2D eigenvalue weighted by Gasteiger charge is 2.16. The highest BCUT2D eigenvalue weighted by atomic mass is 35.5. The van der Waals surface area contributed by atoms with Gasteiger partial charge in [0.05, 0.1) is 17.2 Å². The van der Waals surface area contributed by atoms with E-state index in [0.717, 1.165) is 0 Å². The van der Waals surface area contributed by atoms with Gasteiger partial charge in [-0.05, 0) is 19.1 Å². The number of hydrogen-bond donors (Lipinski definition) is 0. The van der Waals surface area contributed by atoms with Crippen molar-refractivity contribution < 1.29 is 18.7 Å². The first-order valence-electron chi connectivity index (χ1n) is 6.70. The number of benzene rings is 1. The van der Waals surface area contributed by atoms with E-state index in [1.165, 1.54) is 6.26 Å². The molecule has 5 nitrogen and oxygen atoms in total. The summed E-state index contributed by atoms with van der Waals surface area (Å²) in [7, 11) is 0. The second-order valence-corrected chi connectivity index (χ2v) is 4.90. The fourth-order valence-corrected chi connectivity index (χ4v) is 1.89. The molecule has 1 aromatic carbocycles. The van der Waals surface area contributed by atoms with E-state index in [-0.39, 0.29) is 13.2 Å². The number of aromatic nitrogens is 1. The van der Waals surface area contributed by atoms with Crippen LogP contribution in [0.15, 0.2) is 47.6 Å². The number of rotatable bonds is 7. The van der Waals surface area contributed by atoms with Crippen LogP contribution >= 0.6 is 11.6 Å². The summed E-state index contributed by atoms with van der Waals surface area (Å²) >= 11 is 6.08. The number of oxazole rings is 1. The van der Waals surface area contributed by atoms with Crippen LogP contribution in [0.5, 0.6) is 0 Å². The maximum absolute atomic E-state index is 11.7. The van der Waals surface area contributed by atoms with Gasteiger partial charge in [-0.3, -0.25) is 0 Å². The van der Waals surface area contributed by atoms with Crippen LogP contribution in [0.3, 0.4) is 0 Å². The lowest BCUT2D eigenvalue weighted by molar-refractivity contribution is -0.156. The van der Waals surface area contributed by atoms with E-state index in [1.807, 2.05) is 12.1 Å². The van der Waals surface area contributed by atoms with Gasteiger partial charge in [-0.25, -0.2) is 9.78 Å². The van der Waals surface area contributed by atoms with E-state index in [1.54, 1.807) is 25.1 Å². The lowest BCUT2D eigenvalue weighted by atomic mass is 10.2. The molecule has 1 aromatic heterocycles. The first-order chi connectivity index (χ1) is 10.6. The van der Waals surface area contributed by atoms with Crippen molar-refractivity contribution >= 4 is 17.6 Å². The Morgan fingerprint density at radius 1 is 1.50 bits per heavy atom. The van der Waals surface area contributed by atoms with Crippen LogP contribution < -0.4 is 0 Å². The minimum atomic E-state index is -0.659. The SMILES string of the molecule is C=CCOC(C)C(=O)OCc1coc(-c2ccccc2Cl)n1. The van der Waals surface area contributed by atoms with Crippen LogP contribution in [0.25, 0.3) is 11.5 Å². The average Bonchev–Trinajstić information content (AvgIpc) is 2.99. The van der Waals surface area contributed by atoms with Gasteiger partial charge in [-0.2, -0.15) is 0 Å². The van der Waals surface area contributed by atoms with E-state index in [9.17, 15) is 4.79 Å². The van der Waals surface area contributed by atoms with Crippen molar-refractivity contribution in [3.05, 3.63) is 53.9 Å². The summed E-state index contributed by atoms with van der Waals surface area (Å²) in [5, 5.41) is 0.541. The maximum atomic E-state index is 11.7. The van der Waals surface area contributed by atoms with Gasteiger partial charge in [0.25, 0.3) is 0 Å². The average molecular weight is 322 g/mol. The molecule has 6 heteroatoms. The Morgan fingerprint density at radius 3 is 3.00 bits per heavy atom. The highest BCUT2D eigenvalue weighted by molar-refractivity contribution is 6.33. The zero-order valence-corrected chi connectivity index (χ0v) is 12.9. The van der Waals surface area contributed by atoms with Crippen LogP contribution in [-0.2, 0) is 20.9 Å². The third-order valence-corrected chi connectivity index (χ3v) is 3.14. The lowest BCUT2D eigenvalue weighted by Crippen LogP contribution is -2.23. The summed E-state index contributed by atoms with van der Waals surface area (Å²) in [6.07, 6.45) is 2.34. The Morgan fingerprint density at radius 2 is 2.27 bits per heavy atom. The first kappa shape index (κ1) is 16.3. The summed E-state index contributed by atoms with van der Waals surface area (Å²) in [5.74, 6) is -0.0863. The normalized spacial score (nSPS) is 11.9. The van der Waals surface area contributed by atoms with Gasteiger partial charge in [-0.1, -0.05) is 29.8 Å². The lowest BCUT2D eigenvalue weighted by Gasteiger charge is -2.10. The summed E-state index contributed by atoms with van der Waals surface area (Å²) in [6, 6.07) is 7.21. The fourth-order valence-electron chi connectivity index (χ4n) is 1.67. The van der Waals surface area contributed by atoms with Crippen molar-refractivity contribution in [2.24, 2.45) is 0 Å². The molecular formula is C16H16ClNO4. The van der Waals surface area contributed by atoms with E-state index >= 15 is 0 Å². The van der Waals surface area contributed by atoms with Crippen molar-refractivity contribution in [3.63, 3.8) is 0 Å². The topological polar surface area (TPSA) is 61.6 Å². The molecule has 2 rings (SSSR count). The summed E-state index contributed by atoms with van der Waals surface area (Å²) < 4.78 is 15.6. The predicted molar refractivity (Wildman–Crippen MR) is 82.4 cm³/mol. The first-order valence-corrected chi connectivity index (χ1v) is 7.08. The van der Waals surface area contributed by atoms with Crippen LogP contribution in [0.2, 0.25) is 5.02 Å². The molecule has 0 N–H and O–H groups in total. The molecule has 0 saturated carbocycles. The zero-order chi connectivity index (χ0) is 15.9. The fraction of sp³-hybridized carbons (Fsp3) is 0.250. The molecule has 0 saturated heterocycles. The van der Waals surface area contributed by atoms with Gasteiger partial charge in [0.15, 0.2) is 6.10 Å². The Labute approximate surface area is 133 Å². The van der Waals surface area contributed by atoms with Crippen LogP contribution in [0.1, 0.15) is 12.6 Å². The molecule has 2 aromatic rings. The number of carbonyl (C=O) groups is 1. The molecule has 0 aliphatic rings. The Kier molecular flexibility index (Phi) is 5.75. The second kappa shape index (κ2) is 7.77. The molecule has 0 amide bonds. The van der Waals surface area contributed by atoms with Gasteiger partial charge >= 0.3 is 5.97 Å². The van der Waals surface area contributed by atoms with Gasteiger partial charge in [-0.15, -0.1) is 6.58 Å². The molecule has 0 fully saturated rings. The number of carbonyl (C=O) groups excluding carboxylic acids is 1. The third kappa shape index (κ3) is 4.19. The van der Waals surface area contributed by atoms with Crippen LogP contribution in [0.4, 0.5) is 0 Å². The molecule has 0 aliphatic heterocycles. The minimum Gasteiger partial charge on any atom is -0.457 e. The molecular weight excluding hydrogens is 306 g/mol. The molecule has 1 heterocycles. The largest absolute Gasteiger partial charge is 0.457 e. The van der Waals surface area contributed by atoms with E-state index in [2.05, 4.69) is 11.6 Å². The van der Waals surface area contributed by atoms with Crippen molar-refractivity contribution in [2.75, 3.05) is 6.61 Å². The quantitative estimate of drug-likeness (QED) is 0.575. The highest BCUT2D eigenvalue weighted by Crippen LogP contribution is 2.26. The number of hydrogen-bond acceptors (Lipinski definition) is 5. The number of nitrogens with zero attached hydrogens (tertiary/aromatic N) is 1. The monoisotopic (exact) mass is 321 g/mol. The van der Waals surface area contributed by atoms with Crippen molar-refractivity contribution in [1.29, 1.82) is 0 Å². The minimum absolute atomic E-state index is 0.00851.